The number of anilines is 1. The first-order chi connectivity index (χ1) is 8.49. The van der Waals surface area contributed by atoms with Gasteiger partial charge in [0.15, 0.2) is 0 Å². The third-order valence-electron chi connectivity index (χ3n) is 2.49. The van der Waals surface area contributed by atoms with Crippen LogP contribution in [-0.4, -0.2) is 24.2 Å². The topological polar surface area (TPSA) is 41.9 Å². The molecule has 0 aliphatic heterocycles. The zero-order valence-electron chi connectivity index (χ0n) is 11.0. The van der Waals surface area contributed by atoms with Crippen LogP contribution in [0, 0.1) is 0 Å². The zero-order chi connectivity index (χ0) is 13.7. The Balaban J connectivity index is 3.31. The molecule has 0 N–H and O–H groups in total. The summed E-state index contributed by atoms with van der Waals surface area (Å²) in [6.45, 7) is 5.62. The zero-order valence-corrected chi connectivity index (χ0v) is 11.7. The smallest absolute Gasteiger partial charge is 0.321 e. The molecule has 98 valence electrons. The second kappa shape index (κ2) is 6.40. The van der Waals surface area contributed by atoms with Crippen LogP contribution in [0.2, 0.25) is 0 Å². The standard InChI is InChI=1S/C13H17ClN2O2/c1-9(2)16(13(14)17)12-8-6-5-7-11(12)10(3)15-18-4/h5-9H,1-4H3. The van der Waals surface area contributed by atoms with E-state index in [1.165, 1.54) is 12.0 Å². The number of carbonyl (C=O) groups excluding carboxylic acids is 1. The van der Waals surface area contributed by atoms with Crippen LogP contribution in [0.3, 0.4) is 0 Å². The summed E-state index contributed by atoms with van der Waals surface area (Å²) in [6, 6.07) is 7.41. The molecule has 4 nitrogen and oxygen atoms in total. The van der Waals surface area contributed by atoms with Gasteiger partial charge in [0.1, 0.15) is 7.11 Å². The predicted octanol–water partition coefficient (Wildman–Crippen LogP) is 3.63. The third-order valence-corrected chi connectivity index (χ3v) is 2.67. The first-order valence-corrected chi connectivity index (χ1v) is 6.02. The average Bonchev–Trinajstić information content (AvgIpc) is 2.29. The maximum absolute atomic E-state index is 11.5. The molecule has 1 aromatic carbocycles. The number of hydrogen-bond acceptors (Lipinski definition) is 3. The van der Waals surface area contributed by atoms with E-state index in [0.717, 1.165) is 11.3 Å². The van der Waals surface area contributed by atoms with Crippen LogP contribution in [0.25, 0.3) is 0 Å². The summed E-state index contributed by atoms with van der Waals surface area (Å²) in [7, 11) is 1.49. The molecule has 0 bridgehead atoms. The van der Waals surface area contributed by atoms with Gasteiger partial charge in [-0.2, -0.15) is 0 Å². The lowest BCUT2D eigenvalue weighted by molar-refractivity contribution is 0.213. The fraction of sp³-hybridized carbons (Fsp3) is 0.385. The van der Waals surface area contributed by atoms with Crippen LogP contribution in [0.1, 0.15) is 26.3 Å². The molecule has 0 radical (unpaired) electrons. The molecule has 0 fully saturated rings. The summed E-state index contributed by atoms with van der Waals surface area (Å²) < 4.78 is 0. The average molecular weight is 269 g/mol. The molecule has 0 saturated heterocycles. The molecule has 1 amide bonds. The summed E-state index contributed by atoms with van der Waals surface area (Å²) in [6.07, 6.45) is 0. The van der Waals surface area contributed by atoms with Crippen LogP contribution in [0.4, 0.5) is 10.5 Å². The summed E-state index contributed by atoms with van der Waals surface area (Å²) >= 11 is 5.64. The molecular weight excluding hydrogens is 252 g/mol. The highest BCUT2D eigenvalue weighted by Crippen LogP contribution is 2.24. The van der Waals surface area contributed by atoms with Crippen molar-refractivity contribution in [3.05, 3.63) is 29.8 Å². The Hall–Kier alpha value is -1.55. The van der Waals surface area contributed by atoms with Gasteiger partial charge in [-0.3, -0.25) is 9.69 Å². The van der Waals surface area contributed by atoms with Gasteiger partial charge in [-0.05, 0) is 38.4 Å². The van der Waals surface area contributed by atoms with Gasteiger partial charge in [0.05, 0.1) is 11.4 Å². The van der Waals surface area contributed by atoms with Crippen molar-refractivity contribution in [2.75, 3.05) is 12.0 Å². The van der Waals surface area contributed by atoms with Crippen molar-refractivity contribution in [1.82, 2.24) is 0 Å². The summed E-state index contributed by atoms with van der Waals surface area (Å²) in [5, 5.41) is 3.38. The summed E-state index contributed by atoms with van der Waals surface area (Å²) in [5.74, 6) is 0. The van der Waals surface area contributed by atoms with Crippen molar-refractivity contribution in [1.29, 1.82) is 0 Å². The van der Waals surface area contributed by atoms with E-state index >= 15 is 0 Å². The Morgan fingerprint density at radius 3 is 2.50 bits per heavy atom. The van der Waals surface area contributed by atoms with E-state index in [1.807, 2.05) is 45.0 Å². The number of oxime groups is 1. The Kier molecular flexibility index (Phi) is 5.16. The minimum absolute atomic E-state index is 0.0357. The van der Waals surface area contributed by atoms with Crippen molar-refractivity contribution in [3.63, 3.8) is 0 Å². The Labute approximate surface area is 112 Å². The number of hydrogen-bond donors (Lipinski definition) is 0. The van der Waals surface area contributed by atoms with Crippen molar-refractivity contribution in [3.8, 4) is 0 Å². The summed E-state index contributed by atoms with van der Waals surface area (Å²) in [5.41, 5.74) is 2.24. The molecule has 1 aromatic rings. The number of carbonyl (C=O) groups is 1. The highest BCUT2D eigenvalue weighted by Gasteiger charge is 2.20. The van der Waals surface area contributed by atoms with E-state index < -0.39 is 5.37 Å². The molecule has 1 rings (SSSR count). The fourth-order valence-corrected chi connectivity index (χ4v) is 2.04. The van der Waals surface area contributed by atoms with Gasteiger partial charge in [0, 0.05) is 11.6 Å². The van der Waals surface area contributed by atoms with Gasteiger partial charge >= 0.3 is 5.37 Å². The van der Waals surface area contributed by atoms with E-state index in [9.17, 15) is 4.79 Å². The molecule has 0 spiro atoms. The minimum atomic E-state index is -0.511. The molecule has 0 aromatic heterocycles. The van der Waals surface area contributed by atoms with E-state index in [4.69, 9.17) is 16.4 Å². The highest BCUT2D eigenvalue weighted by molar-refractivity contribution is 6.66. The van der Waals surface area contributed by atoms with Crippen molar-refractivity contribution in [2.24, 2.45) is 5.16 Å². The first-order valence-electron chi connectivity index (χ1n) is 5.64. The lowest BCUT2D eigenvalue weighted by atomic mass is 10.1. The van der Waals surface area contributed by atoms with Crippen molar-refractivity contribution in [2.45, 2.75) is 26.8 Å². The number of benzene rings is 1. The van der Waals surface area contributed by atoms with Gasteiger partial charge in [0.2, 0.25) is 0 Å². The molecule has 0 saturated carbocycles. The van der Waals surface area contributed by atoms with Crippen LogP contribution < -0.4 is 4.90 Å². The third kappa shape index (κ3) is 3.23. The minimum Gasteiger partial charge on any atom is -0.399 e. The molecule has 18 heavy (non-hydrogen) atoms. The van der Waals surface area contributed by atoms with E-state index in [-0.39, 0.29) is 6.04 Å². The second-order valence-corrected chi connectivity index (χ2v) is 4.42. The quantitative estimate of drug-likeness (QED) is 0.362. The van der Waals surface area contributed by atoms with Crippen LogP contribution in [0.15, 0.2) is 29.4 Å². The maximum Gasteiger partial charge on any atom is 0.321 e. The monoisotopic (exact) mass is 268 g/mol. The molecule has 0 aliphatic rings. The molecule has 0 atom stereocenters. The van der Waals surface area contributed by atoms with Gasteiger partial charge in [0.25, 0.3) is 0 Å². The Bertz CT molecular complexity index is 458. The van der Waals surface area contributed by atoms with Crippen LogP contribution in [-0.2, 0) is 4.84 Å². The Morgan fingerprint density at radius 2 is 2.00 bits per heavy atom. The van der Waals surface area contributed by atoms with Gasteiger partial charge in [-0.25, -0.2) is 0 Å². The van der Waals surface area contributed by atoms with Crippen LogP contribution in [0.5, 0.6) is 0 Å². The van der Waals surface area contributed by atoms with Crippen molar-refractivity contribution < 1.29 is 9.63 Å². The number of halogens is 1. The normalized spacial score (nSPS) is 11.6. The fourth-order valence-electron chi connectivity index (χ4n) is 1.75. The summed E-state index contributed by atoms with van der Waals surface area (Å²) in [4.78, 5) is 17.8. The van der Waals surface area contributed by atoms with Crippen molar-refractivity contribution >= 4 is 28.4 Å². The van der Waals surface area contributed by atoms with Gasteiger partial charge in [-0.15, -0.1) is 0 Å². The number of rotatable bonds is 4. The lowest BCUT2D eigenvalue weighted by Gasteiger charge is -2.26. The SMILES string of the molecule is CON=C(C)c1ccccc1N(C(=O)Cl)C(C)C. The van der Waals surface area contributed by atoms with Crippen LogP contribution >= 0.6 is 11.6 Å². The Morgan fingerprint density at radius 1 is 1.39 bits per heavy atom. The van der Waals surface area contributed by atoms with Gasteiger partial charge in [-0.1, -0.05) is 23.4 Å². The predicted molar refractivity (Wildman–Crippen MR) is 74.5 cm³/mol. The number of para-hydroxylation sites is 1. The van der Waals surface area contributed by atoms with E-state index in [2.05, 4.69) is 5.16 Å². The highest BCUT2D eigenvalue weighted by atomic mass is 35.5. The maximum atomic E-state index is 11.5. The molecular formula is C13H17ClN2O2. The second-order valence-electron chi connectivity index (χ2n) is 4.09. The molecule has 0 unspecified atom stereocenters. The van der Waals surface area contributed by atoms with E-state index in [1.54, 1.807) is 0 Å². The molecule has 0 aliphatic carbocycles. The largest absolute Gasteiger partial charge is 0.399 e. The molecule has 5 heteroatoms. The first kappa shape index (κ1) is 14.5. The van der Waals surface area contributed by atoms with Gasteiger partial charge < -0.3 is 4.84 Å². The van der Waals surface area contributed by atoms with E-state index in [0.29, 0.717) is 5.71 Å². The number of amides is 1. The lowest BCUT2D eigenvalue weighted by Crippen LogP contribution is -2.34. The number of nitrogens with zero attached hydrogens (tertiary/aromatic N) is 2. The molecule has 0 heterocycles.